The van der Waals surface area contributed by atoms with Gasteiger partial charge in [-0.25, -0.2) is 0 Å². The maximum Gasteiger partial charge on any atom is 0.419 e. The lowest BCUT2D eigenvalue weighted by Crippen LogP contribution is -2.35. The van der Waals surface area contributed by atoms with E-state index in [1.807, 2.05) is 12.2 Å². The summed E-state index contributed by atoms with van der Waals surface area (Å²) < 4.78 is 53.4. The minimum absolute atomic E-state index is 0.0679. The second kappa shape index (κ2) is 10.5. The number of nitrogens with two attached hydrogens (primary N) is 2. The van der Waals surface area contributed by atoms with Gasteiger partial charge in [0.2, 0.25) is 5.82 Å². The van der Waals surface area contributed by atoms with Crippen LogP contribution in [0.25, 0.3) is 11.4 Å². The largest absolute Gasteiger partial charge is 0.493 e. The molecule has 7 nitrogen and oxygen atoms in total. The second-order valence-corrected chi connectivity index (χ2v) is 7.69. The molecule has 3 rings (SSSR count). The summed E-state index contributed by atoms with van der Waals surface area (Å²) >= 11 is 0. The SMILES string of the molecule is CCCCC=CCCOc1ccc(-c2noc(C3CCC[N+]3=C(N)N)n2)cc1C(F)(F)F. The normalized spacial score (nSPS) is 16.8. The van der Waals surface area contributed by atoms with Gasteiger partial charge in [-0.3, -0.25) is 16.0 Å². The quantitative estimate of drug-likeness (QED) is 0.253. The molecule has 0 bridgehead atoms. The third kappa shape index (κ3) is 5.80. The first kappa shape index (κ1) is 23.6. The highest BCUT2D eigenvalue weighted by molar-refractivity contribution is 5.70. The Morgan fingerprint density at radius 3 is 2.78 bits per heavy atom. The Balaban J connectivity index is 1.75. The molecule has 0 radical (unpaired) electrons. The van der Waals surface area contributed by atoms with Gasteiger partial charge in [-0.1, -0.05) is 37.1 Å². The Morgan fingerprint density at radius 1 is 1.28 bits per heavy atom. The molecular formula is C22H29F3N5O2+. The summed E-state index contributed by atoms with van der Waals surface area (Å²) in [6.45, 7) is 2.92. The third-order valence-electron chi connectivity index (χ3n) is 5.29. The monoisotopic (exact) mass is 452 g/mol. The van der Waals surface area contributed by atoms with Gasteiger partial charge in [0, 0.05) is 5.56 Å². The van der Waals surface area contributed by atoms with Crippen molar-refractivity contribution in [3.63, 3.8) is 0 Å². The highest BCUT2D eigenvalue weighted by Gasteiger charge is 2.36. The predicted octanol–water partition coefficient (Wildman–Crippen LogP) is 4.39. The number of ether oxygens (including phenoxy) is 1. The van der Waals surface area contributed by atoms with Crippen LogP contribution in [0.2, 0.25) is 0 Å². The number of rotatable bonds is 9. The van der Waals surface area contributed by atoms with Crippen molar-refractivity contribution in [3.8, 4) is 17.1 Å². The number of allylic oxidation sites excluding steroid dienone is 1. The maximum atomic E-state index is 13.7. The van der Waals surface area contributed by atoms with Crippen LogP contribution in [0.15, 0.2) is 34.9 Å². The van der Waals surface area contributed by atoms with E-state index in [1.165, 1.54) is 12.1 Å². The lowest BCUT2D eigenvalue weighted by atomic mass is 10.1. The van der Waals surface area contributed by atoms with E-state index >= 15 is 0 Å². The lowest BCUT2D eigenvalue weighted by molar-refractivity contribution is -0.555. The topological polar surface area (TPSA) is 103 Å². The molecule has 0 spiro atoms. The molecule has 2 aromatic rings. The minimum atomic E-state index is -4.58. The van der Waals surface area contributed by atoms with E-state index in [9.17, 15) is 13.2 Å². The minimum Gasteiger partial charge on any atom is -0.493 e. The standard InChI is InChI=1S/C22H28F3N5O2/c1-2-3-4-5-6-7-13-31-18-11-10-15(14-16(18)22(23,24)25)19-28-20(32-29-19)17-9-8-12-30(17)21(26)27/h5-6,10-11,14,17H,2-4,7-9,12-13H2,1H3,(H3,26,27)/p+1. The zero-order valence-corrected chi connectivity index (χ0v) is 18.1. The average molecular weight is 453 g/mol. The number of halogens is 3. The number of unbranched alkanes of at least 4 members (excludes halogenated alkanes) is 2. The number of guanidine groups is 1. The zero-order chi connectivity index (χ0) is 23.1. The van der Waals surface area contributed by atoms with E-state index in [0.29, 0.717) is 19.4 Å². The van der Waals surface area contributed by atoms with Gasteiger partial charge in [-0.15, -0.1) is 0 Å². The van der Waals surface area contributed by atoms with Crippen molar-refractivity contribution in [1.82, 2.24) is 10.1 Å². The first-order valence-electron chi connectivity index (χ1n) is 10.8. The Kier molecular flexibility index (Phi) is 7.76. The number of hydrogen-bond donors (Lipinski definition) is 2. The average Bonchev–Trinajstić information content (AvgIpc) is 3.42. The molecule has 1 saturated heterocycles. The summed E-state index contributed by atoms with van der Waals surface area (Å²) in [5.74, 6) is 0.265. The van der Waals surface area contributed by atoms with E-state index in [1.54, 1.807) is 4.58 Å². The number of hydrogen-bond acceptors (Lipinski definition) is 4. The Morgan fingerprint density at radius 2 is 2.06 bits per heavy atom. The first-order chi connectivity index (χ1) is 15.3. The maximum absolute atomic E-state index is 13.7. The molecule has 1 aliphatic rings. The van der Waals surface area contributed by atoms with Crippen LogP contribution in [0.3, 0.4) is 0 Å². The lowest BCUT2D eigenvalue weighted by Gasteiger charge is -2.14. The number of benzene rings is 1. The van der Waals surface area contributed by atoms with Gasteiger partial charge in [-0.05, 0) is 43.9 Å². The molecule has 1 unspecified atom stereocenters. The van der Waals surface area contributed by atoms with Crippen molar-refractivity contribution in [2.24, 2.45) is 11.5 Å². The van der Waals surface area contributed by atoms with Gasteiger partial charge in [0.15, 0.2) is 6.04 Å². The third-order valence-corrected chi connectivity index (χ3v) is 5.29. The van der Waals surface area contributed by atoms with Gasteiger partial charge in [0.05, 0.1) is 18.7 Å². The number of alkyl halides is 3. The molecule has 1 atom stereocenters. The van der Waals surface area contributed by atoms with Crippen molar-refractivity contribution in [3.05, 3.63) is 41.8 Å². The molecule has 0 amide bonds. The van der Waals surface area contributed by atoms with Crippen LogP contribution in [0.5, 0.6) is 5.75 Å². The summed E-state index contributed by atoms with van der Waals surface area (Å²) in [6.07, 6.45) is 4.61. The fourth-order valence-corrected chi connectivity index (χ4v) is 3.63. The Labute approximate surface area is 184 Å². The second-order valence-electron chi connectivity index (χ2n) is 7.69. The van der Waals surface area contributed by atoms with Gasteiger partial charge >= 0.3 is 12.1 Å². The molecule has 2 heterocycles. The summed E-state index contributed by atoms with van der Waals surface area (Å²) in [7, 11) is 0. The summed E-state index contributed by atoms with van der Waals surface area (Å²) in [6, 6.07) is 3.49. The van der Waals surface area contributed by atoms with E-state index in [-0.39, 0.29) is 41.6 Å². The van der Waals surface area contributed by atoms with Crippen molar-refractivity contribution in [1.29, 1.82) is 0 Å². The summed E-state index contributed by atoms with van der Waals surface area (Å²) in [5, 5.41) is 3.87. The van der Waals surface area contributed by atoms with E-state index in [2.05, 4.69) is 17.1 Å². The van der Waals surface area contributed by atoms with Crippen LogP contribution in [0.1, 0.15) is 62.9 Å². The molecule has 0 saturated carbocycles. The summed E-state index contributed by atoms with van der Waals surface area (Å²) in [5.41, 5.74) is 10.7. The fourth-order valence-electron chi connectivity index (χ4n) is 3.63. The Bertz CT molecular complexity index is 965. The van der Waals surface area contributed by atoms with Crippen LogP contribution < -0.4 is 16.2 Å². The van der Waals surface area contributed by atoms with E-state index < -0.39 is 11.7 Å². The summed E-state index contributed by atoms with van der Waals surface area (Å²) in [4.78, 5) is 4.30. The van der Waals surface area contributed by atoms with E-state index in [4.69, 9.17) is 20.7 Å². The molecule has 32 heavy (non-hydrogen) atoms. The van der Waals surface area contributed by atoms with E-state index in [0.717, 1.165) is 31.7 Å². The predicted molar refractivity (Wildman–Crippen MR) is 114 cm³/mol. The van der Waals surface area contributed by atoms with Crippen molar-refractivity contribution < 1.29 is 27.0 Å². The van der Waals surface area contributed by atoms with Crippen LogP contribution in [0, 0.1) is 0 Å². The molecule has 174 valence electrons. The molecular weight excluding hydrogens is 423 g/mol. The van der Waals surface area contributed by atoms with Gasteiger partial charge in [0.1, 0.15) is 5.75 Å². The van der Waals surface area contributed by atoms with Gasteiger partial charge in [0.25, 0.3) is 5.89 Å². The van der Waals surface area contributed by atoms with Gasteiger partial charge < -0.3 is 9.26 Å². The number of nitrogens with zero attached hydrogens (tertiary/aromatic N) is 3. The fraction of sp³-hybridized carbons (Fsp3) is 0.500. The smallest absolute Gasteiger partial charge is 0.419 e. The number of aromatic nitrogens is 2. The highest BCUT2D eigenvalue weighted by Crippen LogP contribution is 2.39. The molecule has 4 N–H and O–H groups in total. The van der Waals surface area contributed by atoms with Crippen LogP contribution in [0.4, 0.5) is 13.2 Å². The Hall–Kier alpha value is -3.04. The van der Waals surface area contributed by atoms with Crippen molar-refractivity contribution in [2.45, 2.75) is 57.7 Å². The zero-order valence-electron chi connectivity index (χ0n) is 18.1. The molecule has 1 aliphatic heterocycles. The molecule has 10 heteroatoms. The van der Waals surface area contributed by atoms with Crippen LogP contribution >= 0.6 is 0 Å². The van der Waals surface area contributed by atoms with Crippen LogP contribution in [-0.4, -0.2) is 33.8 Å². The van der Waals surface area contributed by atoms with Crippen molar-refractivity contribution >= 4 is 5.96 Å². The molecule has 1 aromatic heterocycles. The van der Waals surface area contributed by atoms with Gasteiger partial charge in [-0.2, -0.15) is 18.2 Å². The van der Waals surface area contributed by atoms with Crippen molar-refractivity contribution in [2.75, 3.05) is 13.2 Å². The van der Waals surface area contributed by atoms with Crippen LogP contribution in [-0.2, 0) is 6.18 Å². The molecule has 0 aliphatic carbocycles. The highest BCUT2D eigenvalue weighted by atomic mass is 19.4. The molecule has 1 aromatic carbocycles. The molecule has 1 fully saturated rings. The first-order valence-corrected chi connectivity index (χ1v) is 10.8.